The normalized spacial score (nSPS) is 15.5. The monoisotopic (exact) mass is 438 g/mol. The van der Waals surface area contributed by atoms with Gasteiger partial charge in [-0.1, -0.05) is 44.5 Å². The number of carboxylic acids is 1. The molecule has 1 aliphatic heterocycles. The van der Waals surface area contributed by atoms with E-state index in [4.69, 9.17) is 0 Å². The summed E-state index contributed by atoms with van der Waals surface area (Å²) in [7, 11) is -3.66. The van der Waals surface area contributed by atoms with Gasteiger partial charge in [0.05, 0.1) is 21.7 Å². The molecule has 0 bridgehead atoms. The lowest BCUT2D eigenvalue weighted by Crippen LogP contribution is -2.35. The van der Waals surface area contributed by atoms with E-state index in [2.05, 4.69) is 18.8 Å². The molecule has 2 aromatic carbocycles. The number of pyridine rings is 1. The molecule has 0 spiro atoms. The first-order valence-corrected chi connectivity index (χ1v) is 12.0. The zero-order chi connectivity index (χ0) is 22.2. The van der Waals surface area contributed by atoms with Crippen LogP contribution in [0.4, 0.5) is 0 Å². The minimum atomic E-state index is -3.66. The molecular weight excluding hydrogens is 412 g/mol. The third-order valence-corrected chi connectivity index (χ3v) is 7.73. The molecule has 3 aromatic rings. The number of carboxylic acid groups (broad SMARTS) is 1. The maximum atomic E-state index is 13.0. The lowest BCUT2D eigenvalue weighted by Gasteiger charge is -2.26. The molecule has 0 unspecified atom stereocenters. The molecule has 0 amide bonds. The van der Waals surface area contributed by atoms with E-state index in [-0.39, 0.29) is 10.5 Å². The maximum Gasteiger partial charge on any atom is 0.336 e. The molecule has 1 aliphatic rings. The molecule has 6 nitrogen and oxygen atoms in total. The molecule has 7 heteroatoms. The Morgan fingerprint density at radius 3 is 2.29 bits per heavy atom. The predicted octanol–water partition coefficient (Wildman–Crippen LogP) is 4.90. The van der Waals surface area contributed by atoms with Gasteiger partial charge in [-0.2, -0.15) is 4.31 Å². The van der Waals surface area contributed by atoms with E-state index in [1.54, 1.807) is 6.07 Å². The summed E-state index contributed by atoms with van der Waals surface area (Å²) in [6, 6.07) is 14.0. The van der Waals surface area contributed by atoms with Gasteiger partial charge in [0.15, 0.2) is 0 Å². The van der Waals surface area contributed by atoms with E-state index in [1.807, 2.05) is 24.3 Å². The third-order valence-electron chi connectivity index (χ3n) is 5.84. The fourth-order valence-electron chi connectivity index (χ4n) is 3.98. The second kappa shape index (κ2) is 8.40. The Morgan fingerprint density at radius 2 is 1.68 bits per heavy atom. The van der Waals surface area contributed by atoms with Gasteiger partial charge >= 0.3 is 5.97 Å². The highest BCUT2D eigenvalue weighted by Crippen LogP contribution is 2.29. The molecule has 4 rings (SSSR count). The summed E-state index contributed by atoms with van der Waals surface area (Å²) in [5, 5.41) is 10.2. The van der Waals surface area contributed by atoms with Crippen LogP contribution in [0.2, 0.25) is 0 Å². The molecule has 1 aromatic heterocycles. The first kappa shape index (κ1) is 21.5. The van der Waals surface area contributed by atoms with Crippen LogP contribution in [0, 0.1) is 0 Å². The van der Waals surface area contributed by atoms with Gasteiger partial charge in [-0.05, 0) is 48.6 Å². The first-order valence-electron chi connectivity index (χ1n) is 10.6. The summed E-state index contributed by atoms with van der Waals surface area (Å²) in [6.07, 6.45) is 2.71. The van der Waals surface area contributed by atoms with Crippen LogP contribution >= 0.6 is 0 Å². The minimum absolute atomic E-state index is 0.0450. The Morgan fingerprint density at radius 1 is 1.00 bits per heavy atom. The molecule has 1 fully saturated rings. The SMILES string of the molecule is CC(C)c1ccc(-c2cc(C(=O)O)c3cc(S(=O)(=O)N4CCCCC4)ccc3n2)cc1. The largest absolute Gasteiger partial charge is 0.478 e. The molecule has 0 saturated carbocycles. The fraction of sp³-hybridized carbons (Fsp3) is 0.333. The van der Waals surface area contributed by atoms with Crippen molar-refractivity contribution in [3.05, 3.63) is 59.7 Å². The van der Waals surface area contributed by atoms with Gasteiger partial charge in [-0.25, -0.2) is 18.2 Å². The van der Waals surface area contributed by atoms with Gasteiger partial charge in [0.1, 0.15) is 0 Å². The second-order valence-corrected chi connectivity index (χ2v) is 10.2. The van der Waals surface area contributed by atoms with Crippen LogP contribution in [0.15, 0.2) is 53.4 Å². The Labute approximate surface area is 182 Å². The zero-order valence-electron chi connectivity index (χ0n) is 17.7. The Bertz CT molecular complexity index is 1230. The Hall–Kier alpha value is -2.77. The lowest BCUT2D eigenvalue weighted by molar-refractivity contribution is 0.0699. The average Bonchev–Trinajstić information content (AvgIpc) is 2.78. The standard InChI is InChI=1S/C24H26N2O4S/c1-16(2)17-6-8-18(9-7-17)23-15-21(24(27)28)20-14-19(10-11-22(20)25-23)31(29,30)26-12-4-3-5-13-26/h6-11,14-16H,3-5,12-13H2,1-2H3,(H,27,28). The number of piperidine rings is 1. The third kappa shape index (κ3) is 4.20. The van der Waals surface area contributed by atoms with E-state index in [9.17, 15) is 18.3 Å². The summed E-state index contributed by atoms with van der Waals surface area (Å²) in [5.74, 6) is -0.714. The van der Waals surface area contributed by atoms with Gasteiger partial charge in [0.2, 0.25) is 10.0 Å². The molecule has 162 valence electrons. The highest BCUT2D eigenvalue weighted by atomic mass is 32.2. The number of aromatic nitrogens is 1. The zero-order valence-corrected chi connectivity index (χ0v) is 18.5. The van der Waals surface area contributed by atoms with Gasteiger partial charge in [0.25, 0.3) is 0 Å². The smallest absolute Gasteiger partial charge is 0.336 e. The molecule has 0 aliphatic carbocycles. The van der Waals surface area contributed by atoms with E-state index < -0.39 is 16.0 Å². The van der Waals surface area contributed by atoms with E-state index in [1.165, 1.54) is 28.1 Å². The minimum Gasteiger partial charge on any atom is -0.478 e. The summed E-state index contributed by atoms with van der Waals surface area (Å²) in [6.45, 7) is 5.22. The summed E-state index contributed by atoms with van der Waals surface area (Å²) >= 11 is 0. The van der Waals surface area contributed by atoms with Crippen molar-refractivity contribution in [3.8, 4) is 11.3 Å². The van der Waals surface area contributed by atoms with Crippen molar-refractivity contribution in [1.29, 1.82) is 0 Å². The number of aromatic carboxylic acids is 1. The van der Waals surface area contributed by atoms with E-state index in [0.29, 0.717) is 35.6 Å². The van der Waals surface area contributed by atoms with E-state index >= 15 is 0 Å². The van der Waals surface area contributed by atoms with Crippen molar-refractivity contribution < 1.29 is 18.3 Å². The number of fused-ring (bicyclic) bond motifs is 1. The van der Waals surface area contributed by atoms with Crippen molar-refractivity contribution in [3.63, 3.8) is 0 Å². The molecule has 0 radical (unpaired) electrons. The number of sulfonamides is 1. The molecule has 31 heavy (non-hydrogen) atoms. The van der Waals surface area contributed by atoms with Crippen LogP contribution in [0.3, 0.4) is 0 Å². The van der Waals surface area contributed by atoms with Crippen LogP contribution in [0.1, 0.15) is 54.9 Å². The second-order valence-electron chi connectivity index (χ2n) is 8.28. The van der Waals surface area contributed by atoms with Gasteiger partial charge in [-0.3, -0.25) is 0 Å². The molecular formula is C24H26N2O4S. The molecule has 2 heterocycles. The molecule has 1 saturated heterocycles. The summed E-state index contributed by atoms with van der Waals surface area (Å²) in [4.78, 5) is 16.8. The lowest BCUT2D eigenvalue weighted by atomic mass is 9.99. The number of rotatable bonds is 5. The number of nitrogens with zero attached hydrogens (tertiary/aromatic N) is 2. The predicted molar refractivity (Wildman–Crippen MR) is 121 cm³/mol. The van der Waals surface area contributed by atoms with Crippen LogP contribution in [-0.2, 0) is 10.0 Å². The summed E-state index contributed by atoms with van der Waals surface area (Å²) in [5.41, 5.74) is 3.06. The average molecular weight is 439 g/mol. The van der Waals surface area contributed by atoms with Crippen molar-refractivity contribution in [2.24, 2.45) is 0 Å². The number of hydrogen-bond acceptors (Lipinski definition) is 4. The van der Waals surface area contributed by atoms with Crippen molar-refractivity contribution >= 4 is 26.9 Å². The van der Waals surface area contributed by atoms with Crippen LogP contribution in [0.25, 0.3) is 22.2 Å². The van der Waals surface area contributed by atoms with Crippen molar-refractivity contribution in [2.75, 3.05) is 13.1 Å². The Balaban J connectivity index is 1.80. The van der Waals surface area contributed by atoms with Crippen LogP contribution < -0.4 is 0 Å². The highest BCUT2D eigenvalue weighted by Gasteiger charge is 2.27. The number of benzene rings is 2. The number of carbonyl (C=O) groups is 1. The van der Waals surface area contributed by atoms with Crippen molar-refractivity contribution in [2.45, 2.75) is 43.9 Å². The van der Waals surface area contributed by atoms with Gasteiger partial charge in [0, 0.05) is 24.0 Å². The first-order chi connectivity index (χ1) is 14.8. The topological polar surface area (TPSA) is 87.6 Å². The highest BCUT2D eigenvalue weighted by molar-refractivity contribution is 7.89. The number of hydrogen-bond donors (Lipinski definition) is 1. The van der Waals surface area contributed by atoms with E-state index in [0.717, 1.165) is 24.8 Å². The van der Waals surface area contributed by atoms with Crippen molar-refractivity contribution in [1.82, 2.24) is 9.29 Å². The fourth-order valence-corrected chi connectivity index (χ4v) is 5.53. The quantitative estimate of drug-likeness (QED) is 0.612. The van der Waals surface area contributed by atoms with Crippen LogP contribution in [-0.4, -0.2) is 41.9 Å². The Kier molecular flexibility index (Phi) is 5.81. The van der Waals surface area contributed by atoms with Gasteiger partial charge < -0.3 is 5.11 Å². The summed E-state index contributed by atoms with van der Waals surface area (Å²) < 4.78 is 27.6. The molecule has 1 N–H and O–H groups in total. The van der Waals surface area contributed by atoms with Gasteiger partial charge in [-0.15, -0.1) is 0 Å². The van der Waals surface area contributed by atoms with Crippen LogP contribution in [0.5, 0.6) is 0 Å². The maximum absolute atomic E-state index is 13.0. The molecule has 0 atom stereocenters.